The van der Waals surface area contributed by atoms with Crippen LogP contribution in [0.2, 0.25) is 5.02 Å². The van der Waals surface area contributed by atoms with E-state index in [1.54, 1.807) is 0 Å². The van der Waals surface area contributed by atoms with E-state index in [-0.39, 0.29) is 0 Å². The van der Waals surface area contributed by atoms with E-state index >= 15 is 0 Å². The molecule has 1 aromatic carbocycles. The van der Waals surface area contributed by atoms with Crippen LogP contribution in [0, 0.1) is 5.92 Å². The fourth-order valence-corrected chi connectivity index (χ4v) is 2.60. The van der Waals surface area contributed by atoms with Gasteiger partial charge >= 0.3 is 0 Å². The summed E-state index contributed by atoms with van der Waals surface area (Å²) in [5.41, 5.74) is 7.37. The van der Waals surface area contributed by atoms with Gasteiger partial charge in [-0.15, -0.1) is 0 Å². The molecule has 15 heavy (non-hydrogen) atoms. The first kappa shape index (κ1) is 11.0. The predicted molar refractivity (Wildman–Crippen MR) is 65.1 cm³/mol. The first-order chi connectivity index (χ1) is 7.24. The minimum Gasteiger partial charge on any atom is -0.328 e. The predicted octanol–water partition coefficient (Wildman–Crippen LogP) is 3.40. The van der Waals surface area contributed by atoms with Crippen molar-refractivity contribution >= 4 is 11.6 Å². The highest BCUT2D eigenvalue weighted by atomic mass is 35.5. The third-order valence-corrected chi connectivity index (χ3v) is 3.51. The van der Waals surface area contributed by atoms with Crippen LogP contribution in [-0.4, -0.2) is 6.04 Å². The molecule has 0 amide bonds. The van der Waals surface area contributed by atoms with E-state index < -0.39 is 0 Å². The standard InChI is InChI=1S/C13H18ClN/c14-12-6-4-10(5-7-12)8-11-2-1-3-13(15)9-11/h4-7,11,13H,1-3,8-9,15H2. The lowest BCUT2D eigenvalue weighted by molar-refractivity contribution is 0.321. The van der Waals surface area contributed by atoms with Crippen LogP contribution < -0.4 is 5.73 Å². The van der Waals surface area contributed by atoms with Gasteiger partial charge in [-0.2, -0.15) is 0 Å². The van der Waals surface area contributed by atoms with Crippen molar-refractivity contribution in [2.24, 2.45) is 11.7 Å². The molecule has 2 heteroatoms. The summed E-state index contributed by atoms with van der Waals surface area (Å²) in [6.07, 6.45) is 6.17. The van der Waals surface area contributed by atoms with Gasteiger partial charge in [0.15, 0.2) is 0 Å². The van der Waals surface area contributed by atoms with E-state index in [0.717, 1.165) is 17.4 Å². The number of benzene rings is 1. The van der Waals surface area contributed by atoms with E-state index in [9.17, 15) is 0 Å². The maximum Gasteiger partial charge on any atom is 0.0406 e. The lowest BCUT2D eigenvalue weighted by Crippen LogP contribution is -2.28. The molecule has 2 unspecified atom stereocenters. The quantitative estimate of drug-likeness (QED) is 0.817. The molecule has 0 radical (unpaired) electrons. The maximum atomic E-state index is 5.98. The molecule has 0 aliphatic heterocycles. The monoisotopic (exact) mass is 223 g/mol. The Morgan fingerprint density at radius 3 is 2.60 bits per heavy atom. The molecule has 1 aliphatic carbocycles. The van der Waals surface area contributed by atoms with Crippen LogP contribution >= 0.6 is 11.6 Å². The summed E-state index contributed by atoms with van der Waals surface area (Å²) >= 11 is 5.86. The van der Waals surface area contributed by atoms with Gasteiger partial charge in [-0.25, -0.2) is 0 Å². The minimum atomic E-state index is 0.427. The lowest BCUT2D eigenvalue weighted by Gasteiger charge is -2.26. The fraction of sp³-hybridized carbons (Fsp3) is 0.538. The molecule has 1 fully saturated rings. The summed E-state index contributed by atoms with van der Waals surface area (Å²) in [6.45, 7) is 0. The van der Waals surface area contributed by atoms with Crippen LogP contribution in [0.1, 0.15) is 31.2 Å². The molecule has 1 saturated carbocycles. The summed E-state index contributed by atoms with van der Waals surface area (Å²) in [5.74, 6) is 0.773. The SMILES string of the molecule is NC1CCCC(Cc2ccc(Cl)cc2)C1. The Morgan fingerprint density at radius 1 is 1.20 bits per heavy atom. The summed E-state index contributed by atoms with van der Waals surface area (Å²) in [4.78, 5) is 0. The number of nitrogens with two attached hydrogens (primary N) is 1. The maximum absolute atomic E-state index is 5.98. The van der Waals surface area contributed by atoms with E-state index in [0.29, 0.717) is 6.04 Å². The van der Waals surface area contributed by atoms with Crippen LogP contribution in [0.4, 0.5) is 0 Å². The van der Waals surface area contributed by atoms with Crippen molar-refractivity contribution < 1.29 is 0 Å². The molecule has 2 N–H and O–H groups in total. The molecule has 82 valence electrons. The highest BCUT2D eigenvalue weighted by Gasteiger charge is 2.19. The zero-order chi connectivity index (χ0) is 10.7. The molecule has 0 aromatic heterocycles. The van der Waals surface area contributed by atoms with Crippen molar-refractivity contribution in [3.63, 3.8) is 0 Å². The van der Waals surface area contributed by atoms with Gasteiger partial charge in [0, 0.05) is 11.1 Å². The molecular formula is C13H18ClN. The van der Waals surface area contributed by atoms with Gasteiger partial charge in [-0.05, 0) is 42.9 Å². The molecule has 1 aromatic rings. The highest BCUT2D eigenvalue weighted by molar-refractivity contribution is 6.30. The molecule has 1 nitrogen and oxygen atoms in total. The van der Waals surface area contributed by atoms with Gasteiger partial charge in [0.25, 0.3) is 0 Å². The van der Waals surface area contributed by atoms with Gasteiger partial charge in [0.1, 0.15) is 0 Å². The topological polar surface area (TPSA) is 26.0 Å². The normalized spacial score (nSPS) is 26.5. The van der Waals surface area contributed by atoms with Gasteiger partial charge in [0.05, 0.1) is 0 Å². The number of rotatable bonds is 2. The van der Waals surface area contributed by atoms with Crippen molar-refractivity contribution in [3.8, 4) is 0 Å². The summed E-state index contributed by atoms with van der Waals surface area (Å²) in [7, 11) is 0. The average molecular weight is 224 g/mol. The highest BCUT2D eigenvalue weighted by Crippen LogP contribution is 2.26. The molecular weight excluding hydrogens is 206 g/mol. The average Bonchev–Trinajstić information content (AvgIpc) is 2.22. The van der Waals surface area contributed by atoms with Crippen molar-refractivity contribution in [1.29, 1.82) is 0 Å². The Hall–Kier alpha value is -0.530. The van der Waals surface area contributed by atoms with Crippen LogP contribution in [0.3, 0.4) is 0 Å². The molecule has 0 saturated heterocycles. The third kappa shape index (κ3) is 3.22. The van der Waals surface area contributed by atoms with Crippen LogP contribution in [0.5, 0.6) is 0 Å². The smallest absolute Gasteiger partial charge is 0.0406 e. The first-order valence-corrected chi connectivity index (χ1v) is 6.12. The molecule has 1 aliphatic rings. The second kappa shape index (κ2) is 5.00. The first-order valence-electron chi connectivity index (χ1n) is 5.74. The van der Waals surface area contributed by atoms with Crippen molar-refractivity contribution in [2.75, 3.05) is 0 Å². The van der Waals surface area contributed by atoms with Gasteiger partial charge in [-0.1, -0.05) is 36.6 Å². The largest absolute Gasteiger partial charge is 0.328 e. The van der Waals surface area contributed by atoms with Crippen molar-refractivity contribution in [2.45, 2.75) is 38.1 Å². The number of halogens is 1. The summed E-state index contributed by atoms with van der Waals surface area (Å²) in [6, 6.07) is 8.63. The molecule has 0 bridgehead atoms. The van der Waals surface area contributed by atoms with E-state index in [2.05, 4.69) is 12.1 Å². The van der Waals surface area contributed by atoms with Crippen LogP contribution in [0.25, 0.3) is 0 Å². The second-order valence-electron chi connectivity index (χ2n) is 4.62. The second-order valence-corrected chi connectivity index (χ2v) is 5.06. The summed E-state index contributed by atoms with van der Waals surface area (Å²) < 4.78 is 0. The molecule has 2 atom stereocenters. The van der Waals surface area contributed by atoms with Crippen molar-refractivity contribution in [3.05, 3.63) is 34.9 Å². The zero-order valence-corrected chi connectivity index (χ0v) is 9.71. The lowest BCUT2D eigenvalue weighted by atomic mass is 9.82. The van der Waals surface area contributed by atoms with Gasteiger partial charge in [-0.3, -0.25) is 0 Å². The van der Waals surface area contributed by atoms with E-state index in [4.69, 9.17) is 17.3 Å². The minimum absolute atomic E-state index is 0.427. The molecule has 2 rings (SSSR count). The van der Waals surface area contributed by atoms with Crippen molar-refractivity contribution in [1.82, 2.24) is 0 Å². The summed E-state index contributed by atoms with van der Waals surface area (Å²) in [5, 5.41) is 0.819. The van der Waals surface area contributed by atoms with Crippen LogP contribution in [0.15, 0.2) is 24.3 Å². The van der Waals surface area contributed by atoms with Crippen LogP contribution in [-0.2, 0) is 6.42 Å². The third-order valence-electron chi connectivity index (χ3n) is 3.26. The Morgan fingerprint density at radius 2 is 1.93 bits per heavy atom. The van der Waals surface area contributed by atoms with E-state index in [1.165, 1.54) is 31.2 Å². The zero-order valence-electron chi connectivity index (χ0n) is 8.95. The molecule has 0 spiro atoms. The van der Waals surface area contributed by atoms with Gasteiger partial charge < -0.3 is 5.73 Å². The Labute approximate surface area is 96.6 Å². The Kier molecular flexibility index (Phi) is 3.66. The number of hydrogen-bond donors (Lipinski definition) is 1. The Bertz CT molecular complexity index is 307. The van der Waals surface area contributed by atoms with E-state index in [1.807, 2.05) is 12.1 Å². The van der Waals surface area contributed by atoms with Gasteiger partial charge in [0.2, 0.25) is 0 Å². The Balaban J connectivity index is 1.93. The number of hydrogen-bond acceptors (Lipinski definition) is 1. The fourth-order valence-electron chi connectivity index (χ4n) is 2.47. The molecule has 0 heterocycles.